The zero-order valence-electron chi connectivity index (χ0n) is 11.4. The Balaban J connectivity index is 1.98. The van der Waals surface area contributed by atoms with Crippen molar-refractivity contribution in [3.63, 3.8) is 0 Å². The van der Waals surface area contributed by atoms with Crippen molar-refractivity contribution < 1.29 is 9.50 Å². The van der Waals surface area contributed by atoms with Crippen LogP contribution in [0.1, 0.15) is 34.7 Å². The fourth-order valence-corrected chi connectivity index (χ4v) is 3.17. The normalized spacial score (nSPS) is 24.7. The van der Waals surface area contributed by atoms with E-state index < -0.39 is 5.60 Å². The van der Waals surface area contributed by atoms with Crippen LogP contribution in [0.25, 0.3) is 0 Å². The van der Waals surface area contributed by atoms with E-state index >= 15 is 0 Å². The van der Waals surface area contributed by atoms with E-state index in [2.05, 4.69) is 0 Å². The second kappa shape index (κ2) is 4.69. The Morgan fingerprint density at radius 1 is 1.30 bits per heavy atom. The van der Waals surface area contributed by atoms with Gasteiger partial charge in [-0.3, -0.25) is 0 Å². The van der Waals surface area contributed by atoms with E-state index in [9.17, 15) is 9.50 Å². The minimum atomic E-state index is -0.960. The van der Waals surface area contributed by atoms with Gasteiger partial charge in [0.25, 0.3) is 0 Å². The molecule has 0 bridgehead atoms. The molecule has 2 aromatic rings. The summed E-state index contributed by atoms with van der Waals surface area (Å²) in [5.74, 6) is -0.248. The highest BCUT2D eigenvalue weighted by atomic mass is 19.1. The molecular weight excluding hydrogens is 253 g/mol. The van der Waals surface area contributed by atoms with Crippen LogP contribution in [0.5, 0.6) is 0 Å². The molecule has 0 fully saturated rings. The van der Waals surface area contributed by atoms with Gasteiger partial charge in [0.1, 0.15) is 5.82 Å². The van der Waals surface area contributed by atoms with Gasteiger partial charge in [-0.25, -0.2) is 4.39 Å². The lowest BCUT2D eigenvalue weighted by Crippen LogP contribution is -2.27. The van der Waals surface area contributed by atoms with Crippen LogP contribution >= 0.6 is 0 Å². The third-order valence-electron chi connectivity index (χ3n) is 4.21. The molecular formula is C17H18FNO. The van der Waals surface area contributed by atoms with Crippen LogP contribution in [0.15, 0.2) is 42.5 Å². The Morgan fingerprint density at radius 2 is 2.05 bits per heavy atom. The molecule has 0 aliphatic heterocycles. The molecule has 3 heteroatoms. The fourth-order valence-electron chi connectivity index (χ4n) is 3.17. The predicted molar refractivity (Wildman–Crippen MR) is 76.7 cm³/mol. The van der Waals surface area contributed by atoms with E-state index in [-0.39, 0.29) is 11.9 Å². The van der Waals surface area contributed by atoms with Crippen molar-refractivity contribution in [2.45, 2.75) is 31.4 Å². The molecule has 0 heterocycles. The minimum absolute atomic E-state index is 0.142. The molecule has 3 rings (SSSR count). The minimum Gasteiger partial charge on any atom is -0.385 e. The number of aliphatic hydroxyl groups is 1. The van der Waals surface area contributed by atoms with Gasteiger partial charge in [0.2, 0.25) is 0 Å². The van der Waals surface area contributed by atoms with Crippen LogP contribution < -0.4 is 5.73 Å². The molecule has 0 saturated heterocycles. The first kappa shape index (κ1) is 13.3. The zero-order valence-corrected chi connectivity index (χ0v) is 11.4. The third kappa shape index (κ3) is 2.13. The smallest absolute Gasteiger partial charge is 0.123 e. The van der Waals surface area contributed by atoms with Crippen molar-refractivity contribution in [2.24, 2.45) is 5.73 Å². The van der Waals surface area contributed by atoms with E-state index in [0.29, 0.717) is 12.8 Å². The largest absolute Gasteiger partial charge is 0.385 e. The van der Waals surface area contributed by atoms with Gasteiger partial charge in [-0.05, 0) is 47.7 Å². The maximum atomic E-state index is 13.2. The van der Waals surface area contributed by atoms with Gasteiger partial charge in [-0.1, -0.05) is 30.3 Å². The number of benzene rings is 2. The van der Waals surface area contributed by atoms with Gasteiger partial charge in [0.15, 0.2) is 0 Å². The molecule has 0 saturated carbocycles. The van der Waals surface area contributed by atoms with E-state index in [1.807, 2.05) is 31.2 Å². The molecule has 0 spiro atoms. The number of aryl methyl sites for hydroxylation is 1. The van der Waals surface area contributed by atoms with Gasteiger partial charge < -0.3 is 10.8 Å². The maximum Gasteiger partial charge on any atom is 0.123 e. The van der Waals surface area contributed by atoms with Crippen molar-refractivity contribution in [3.05, 3.63) is 70.5 Å². The van der Waals surface area contributed by atoms with Crippen molar-refractivity contribution in [2.75, 3.05) is 0 Å². The fraction of sp³-hybridized carbons (Fsp3) is 0.294. The summed E-state index contributed by atoms with van der Waals surface area (Å²) >= 11 is 0. The molecule has 20 heavy (non-hydrogen) atoms. The highest BCUT2D eigenvalue weighted by molar-refractivity contribution is 5.42. The first-order chi connectivity index (χ1) is 9.49. The van der Waals surface area contributed by atoms with Crippen molar-refractivity contribution >= 4 is 0 Å². The van der Waals surface area contributed by atoms with Gasteiger partial charge >= 0.3 is 0 Å². The molecule has 2 atom stereocenters. The van der Waals surface area contributed by atoms with Crippen molar-refractivity contribution in [1.29, 1.82) is 0 Å². The molecule has 1 aliphatic rings. The average molecular weight is 271 g/mol. The van der Waals surface area contributed by atoms with Gasteiger partial charge in [0, 0.05) is 12.5 Å². The van der Waals surface area contributed by atoms with Crippen molar-refractivity contribution in [3.8, 4) is 0 Å². The summed E-state index contributed by atoms with van der Waals surface area (Å²) in [5.41, 5.74) is 8.88. The molecule has 0 radical (unpaired) electrons. The second-order valence-corrected chi connectivity index (χ2v) is 5.68. The molecule has 104 valence electrons. The number of hydrogen-bond acceptors (Lipinski definition) is 2. The summed E-state index contributed by atoms with van der Waals surface area (Å²) in [6, 6.07) is 12.3. The third-order valence-corrected chi connectivity index (χ3v) is 4.21. The lowest BCUT2D eigenvalue weighted by molar-refractivity contribution is 0.0340. The SMILES string of the molecule is Cc1cc(F)ccc1CC1(O)CC(N)c2ccccc21. The molecule has 2 aromatic carbocycles. The monoisotopic (exact) mass is 271 g/mol. The van der Waals surface area contributed by atoms with E-state index in [0.717, 1.165) is 22.3 Å². The number of rotatable bonds is 2. The summed E-state index contributed by atoms with van der Waals surface area (Å²) in [6.07, 6.45) is 0.965. The molecule has 0 aromatic heterocycles. The summed E-state index contributed by atoms with van der Waals surface area (Å²) in [7, 11) is 0. The van der Waals surface area contributed by atoms with E-state index in [1.54, 1.807) is 6.07 Å². The Kier molecular flexibility index (Phi) is 3.11. The predicted octanol–water partition coefficient (Wildman–Crippen LogP) is 2.97. The number of hydrogen-bond donors (Lipinski definition) is 2. The highest BCUT2D eigenvalue weighted by Crippen LogP contribution is 2.44. The molecule has 2 nitrogen and oxygen atoms in total. The van der Waals surface area contributed by atoms with Crippen LogP contribution in [-0.4, -0.2) is 5.11 Å². The van der Waals surface area contributed by atoms with Crippen LogP contribution in [0.4, 0.5) is 4.39 Å². The standard InChI is InChI=1S/C17H18FNO/c1-11-8-13(18)7-6-12(11)9-17(20)10-16(19)14-4-2-3-5-15(14)17/h2-8,16,20H,9-10,19H2,1H3. The summed E-state index contributed by atoms with van der Waals surface area (Å²) in [5, 5.41) is 11.0. The quantitative estimate of drug-likeness (QED) is 0.882. The molecule has 0 amide bonds. The first-order valence-corrected chi connectivity index (χ1v) is 6.82. The highest BCUT2D eigenvalue weighted by Gasteiger charge is 2.40. The Morgan fingerprint density at radius 3 is 2.80 bits per heavy atom. The van der Waals surface area contributed by atoms with Crippen LogP contribution in [0.2, 0.25) is 0 Å². The summed E-state index contributed by atoms with van der Waals surface area (Å²) in [4.78, 5) is 0. The zero-order chi connectivity index (χ0) is 14.3. The van der Waals surface area contributed by atoms with E-state index in [4.69, 9.17) is 5.73 Å². The number of fused-ring (bicyclic) bond motifs is 1. The number of halogens is 1. The maximum absolute atomic E-state index is 13.2. The molecule has 3 N–H and O–H groups in total. The van der Waals surface area contributed by atoms with Gasteiger partial charge in [-0.15, -0.1) is 0 Å². The average Bonchev–Trinajstić information content (AvgIpc) is 2.66. The van der Waals surface area contributed by atoms with E-state index in [1.165, 1.54) is 12.1 Å². The number of nitrogens with two attached hydrogens (primary N) is 1. The van der Waals surface area contributed by atoms with Crippen molar-refractivity contribution in [1.82, 2.24) is 0 Å². The van der Waals surface area contributed by atoms with Crippen LogP contribution in [0.3, 0.4) is 0 Å². The lowest BCUT2D eigenvalue weighted by Gasteiger charge is -2.25. The second-order valence-electron chi connectivity index (χ2n) is 5.68. The first-order valence-electron chi connectivity index (χ1n) is 6.82. The van der Waals surface area contributed by atoms with Crippen LogP contribution in [0, 0.1) is 12.7 Å². The summed E-state index contributed by atoms with van der Waals surface area (Å²) < 4.78 is 13.2. The Labute approximate surface area is 118 Å². The summed E-state index contributed by atoms with van der Waals surface area (Å²) in [6.45, 7) is 1.86. The topological polar surface area (TPSA) is 46.2 Å². The Bertz CT molecular complexity index is 655. The molecule has 1 aliphatic carbocycles. The lowest BCUT2D eigenvalue weighted by atomic mass is 9.87. The van der Waals surface area contributed by atoms with Gasteiger partial charge in [-0.2, -0.15) is 0 Å². The Hall–Kier alpha value is -1.71. The molecule has 2 unspecified atom stereocenters. The van der Waals surface area contributed by atoms with Crippen LogP contribution in [-0.2, 0) is 12.0 Å². The van der Waals surface area contributed by atoms with Gasteiger partial charge in [0.05, 0.1) is 5.60 Å².